The van der Waals surface area contributed by atoms with Crippen LogP contribution in [0.2, 0.25) is 16.6 Å². The summed E-state index contributed by atoms with van der Waals surface area (Å²) in [5.74, 6) is 0. The van der Waals surface area contributed by atoms with Crippen molar-refractivity contribution in [3.63, 3.8) is 0 Å². The highest BCUT2D eigenvalue weighted by atomic mass is 32.2. The third-order valence-corrected chi connectivity index (χ3v) is 18.8. The van der Waals surface area contributed by atoms with E-state index in [0.29, 0.717) is 0 Å². The Kier molecular flexibility index (Phi) is 16.2. The summed E-state index contributed by atoms with van der Waals surface area (Å²) in [6.45, 7) is 12.5. The normalized spacial score (nSPS) is 14.3. The fourth-order valence-electron chi connectivity index (χ4n) is 7.03. The second kappa shape index (κ2) is 20.0. The summed E-state index contributed by atoms with van der Waals surface area (Å²) in [5, 5.41) is 11.2. The molecule has 0 saturated heterocycles. The van der Waals surface area contributed by atoms with Crippen LogP contribution in [0.5, 0.6) is 0 Å². The van der Waals surface area contributed by atoms with E-state index in [1.54, 1.807) is 38.1 Å². The van der Waals surface area contributed by atoms with Gasteiger partial charge in [-0.2, -0.15) is 16.8 Å². The van der Waals surface area contributed by atoms with E-state index in [0.717, 1.165) is 38.1 Å². The number of aromatic nitrogens is 2. The largest absolute Gasteiger partial charge is 0.413 e. The standard InChI is InChI=1S/C41H56N2O12S2Si/c1-30(2)58(31(3)4,32(5)6)54-28-41(26-44,27-53-57(49,50)37-20-16-34(8)17-21-37)55-39(25-52-56(47,48)36-18-14-33(7)15-19-36)42-23-22-38(45)43(40(42)46)29-51-24-35-12-10-9-11-13-35/h9-23,30-32,39,44H,24-29H2,1-8H3/t39?,41-/m1/s1. The maximum absolute atomic E-state index is 14.1. The van der Waals surface area contributed by atoms with Gasteiger partial charge in [0.15, 0.2) is 14.5 Å². The van der Waals surface area contributed by atoms with Crippen molar-refractivity contribution in [1.29, 1.82) is 0 Å². The number of rotatable bonds is 22. The Bertz CT molecular complexity index is 2260. The molecular formula is C41H56N2O12S2Si. The molecule has 0 aliphatic carbocycles. The van der Waals surface area contributed by atoms with E-state index in [4.69, 9.17) is 22.3 Å². The van der Waals surface area contributed by atoms with Crippen LogP contribution in [0, 0.1) is 13.8 Å². The van der Waals surface area contributed by atoms with Crippen LogP contribution in [0.15, 0.2) is 111 Å². The van der Waals surface area contributed by atoms with E-state index in [9.17, 15) is 31.5 Å². The molecule has 1 N–H and O–H groups in total. The Morgan fingerprint density at radius 3 is 1.72 bits per heavy atom. The van der Waals surface area contributed by atoms with Gasteiger partial charge in [-0.3, -0.25) is 17.7 Å². The van der Waals surface area contributed by atoms with Gasteiger partial charge in [0, 0.05) is 12.3 Å². The first-order valence-electron chi connectivity index (χ1n) is 19.1. The van der Waals surface area contributed by atoms with Gasteiger partial charge in [0.2, 0.25) is 0 Å². The fraction of sp³-hybridized carbons (Fsp3) is 0.463. The second-order valence-corrected chi connectivity index (χ2v) is 24.0. The van der Waals surface area contributed by atoms with E-state index in [1.165, 1.54) is 24.3 Å². The van der Waals surface area contributed by atoms with E-state index in [1.807, 2.05) is 71.9 Å². The van der Waals surface area contributed by atoms with E-state index in [2.05, 4.69) is 0 Å². The number of hydrogen-bond acceptors (Lipinski definition) is 12. The van der Waals surface area contributed by atoms with Gasteiger partial charge in [-0.05, 0) is 60.3 Å². The molecule has 1 unspecified atom stereocenters. The zero-order valence-corrected chi connectivity index (χ0v) is 37.0. The molecule has 0 aliphatic rings. The Balaban J connectivity index is 1.82. The average molecular weight is 861 g/mol. The van der Waals surface area contributed by atoms with E-state index < -0.39 is 84.8 Å². The lowest BCUT2D eigenvalue weighted by Crippen LogP contribution is -2.56. The minimum Gasteiger partial charge on any atom is -0.413 e. The van der Waals surface area contributed by atoms with Crippen LogP contribution in [-0.2, 0) is 55.8 Å². The molecule has 0 spiro atoms. The van der Waals surface area contributed by atoms with Crippen LogP contribution < -0.4 is 11.2 Å². The van der Waals surface area contributed by atoms with Crippen molar-refractivity contribution in [3.05, 3.63) is 129 Å². The Morgan fingerprint density at radius 1 is 0.707 bits per heavy atom. The highest BCUT2D eigenvalue weighted by Crippen LogP contribution is 2.43. The van der Waals surface area contributed by atoms with Crippen molar-refractivity contribution >= 4 is 28.6 Å². The third-order valence-electron chi connectivity index (χ3n) is 10.2. The molecule has 4 aromatic rings. The molecule has 0 bridgehead atoms. The third kappa shape index (κ3) is 11.5. The molecule has 2 atom stereocenters. The maximum atomic E-state index is 14.1. The van der Waals surface area contributed by atoms with Gasteiger partial charge >= 0.3 is 5.69 Å². The van der Waals surface area contributed by atoms with Crippen molar-refractivity contribution in [3.8, 4) is 0 Å². The zero-order valence-electron chi connectivity index (χ0n) is 34.4. The lowest BCUT2D eigenvalue weighted by atomic mass is 10.1. The van der Waals surface area contributed by atoms with Crippen molar-refractivity contribution in [2.24, 2.45) is 0 Å². The molecular weight excluding hydrogens is 805 g/mol. The van der Waals surface area contributed by atoms with Gasteiger partial charge in [0.05, 0.1) is 29.6 Å². The predicted molar refractivity (Wildman–Crippen MR) is 222 cm³/mol. The SMILES string of the molecule is Cc1ccc(S(=O)(=O)OCC(O[C@@](CO)(CO[Si](C(C)C)(C(C)C)C(C)C)COS(=O)(=O)c2ccc(C)cc2)n2ccc(=O)n(COCc3ccccc3)c2=O)cc1. The molecule has 4 rings (SSSR count). The van der Waals surface area contributed by atoms with Crippen LogP contribution in [0.3, 0.4) is 0 Å². The van der Waals surface area contributed by atoms with Crippen LogP contribution in [0.4, 0.5) is 0 Å². The number of aliphatic hydroxyl groups is 1. The predicted octanol–water partition coefficient (Wildman–Crippen LogP) is 6.05. The summed E-state index contributed by atoms with van der Waals surface area (Å²) in [6.07, 6.45) is -0.601. The molecule has 0 amide bonds. The first kappa shape index (κ1) is 46.9. The number of benzene rings is 3. The van der Waals surface area contributed by atoms with Crippen molar-refractivity contribution in [2.45, 2.75) is 107 Å². The van der Waals surface area contributed by atoms with Crippen molar-refractivity contribution < 1.29 is 44.2 Å². The van der Waals surface area contributed by atoms with Crippen LogP contribution >= 0.6 is 0 Å². The minimum absolute atomic E-state index is 0.0574. The quantitative estimate of drug-likeness (QED) is 0.0716. The van der Waals surface area contributed by atoms with Crippen molar-refractivity contribution in [1.82, 2.24) is 9.13 Å². The Hall–Kier alpha value is -3.78. The monoisotopic (exact) mass is 860 g/mol. The van der Waals surface area contributed by atoms with E-state index >= 15 is 0 Å². The van der Waals surface area contributed by atoms with Crippen LogP contribution in [-0.4, -0.2) is 71.4 Å². The zero-order chi connectivity index (χ0) is 42.9. The van der Waals surface area contributed by atoms with Gasteiger partial charge in [0.25, 0.3) is 25.8 Å². The molecule has 1 heterocycles. The summed E-state index contributed by atoms with van der Waals surface area (Å²) in [5.41, 5.74) is -1.13. The number of aryl methyl sites for hydroxylation is 2. The summed E-state index contributed by atoms with van der Waals surface area (Å²) >= 11 is 0. The number of aliphatic hydroxyl groups excluding tert-OH is 1. The van der Waals surface area contributed by atoms with Gasteiger partial charge in [-0.1, -0.05) is 107 Å². The molecule has 0 aliphatic heterocycles. The second-order valence-electron chi connectivity index (χ2n) is 15.3. The van der Waals surface area contributed by atoms with Gasteiger partial charge in [0.1, 0.15) is 25.5 Å². The molecule has 0 fully saturated rings. The summed E-state index contributed by atoms with van der Waals surface area (Å²) in [4.78, 5) is 26.9. The van der Waals surface area contributed by atoms with Gasteiger partial charge in [-0.15, -0.1) is 0 Å². The molecule has 17 heteroatoms. The molecule has 0 radical (unpaired) electrons. The number of hydrogen-bond donors (Lipinski definition) is 1. The topological polar surface area (TPSA) is 179 Å². The fourth-order valence-corrected chi connectivity index (χ4v) is 14.4. The van der Waals surface area contributed by atoms with Crippen LogP contribution in [0.1, 0.15) is 64.5 Å². The summed E-state index contributed by atoms with van der Waals surface area (Å²) in [6, 6.07) is 22.0. The Morgan fingerprint density at radius 2 is 1.22 bits per heavy atom. The summed E-state index contributed by atoms with van der Waals surface area (Å²) < 4.78 is 86.0. The first-order chi connectivity index (χ1) is 27.3. The summed E-state index contributed by atoms with van der Waals surface area (Å²) in [7, 11) is -11.7. The highest BCUT2D eigenvalue weighted by Gasteiger charge is 2.48. The van der Waals surface area contributed by atoms with Crippen LogP contribution in [0.25, 0.3) is 0 Å². The first-order valence-corrected chi connectivity index (χ1v) is 24.0. The lowest BCUT2D eigenvalue weighted by Gasteiger charge is -2.45. The van der Waals surface area contributed by atoms with Gasteiger partial charge in [-0.25, -0.2) is 9.36 Å². The van der Waals surface area contributed by atoms with Crippen molar-refractivity contribution in [2.75, 3.05) is 26.4 Å². The van der Waals surface area contributed by atoms with E-state index in [-0.39, 0.29) is 33.0 Å². The van der Waals surface area contributed by atoms with Gasteiger partial charge < -0.3 is 19.0 Å². The maximum Gasteiger partial charge on any atom is 0.335 e. The smallest absolute Gasteiger partial charge is 0.335 e. The molecule has 318 valence electrons. The minimum atomic E-state index is -4.47. The lowest BCUT2D eigenvalue weighted by molar-refractivity contribution is -0.187. The number of ether oxygens (including phenoxy) is 2. The molecule has 0 saturated carbocycles. The Labute approximate surface area is 342 Å². The molecule has 1 aromatic heterocycles. The number of nitrogens with zero attached hydrogens (tertiary/aromatic N) is 2. The molecule has 14 nitrogen and oxygen atoms in total. The highest BCUT2D eigenvalue weighted by molar-refractivity contribution is 7.87. The molecule has 3 aromatic carbocycles. The average Bonchev–Trinajstić information content (AvgIpc) is 3.17. The molecule has 58 heavy (non-hydrogen) atoms.